The summed E-state index contributed by atoms with van der Waals surface area (Å²) in [6, 6.07) is 9.43. The predicted molar refractivity (Wildman–Crippen MR) is 139 cm³/mol. The largest absolute Gasteiger partial charge is 0.497 e. The van der Waals surface area contributed by atoms with E-state index in [-0.39, 0.29) is 29.5 Å². The number of methoxy groups -OCH3 is 2. The van der Waals surface area contributed by atoms with Crippen LogP contribution in [-0.2, 0) is 24.2 Å². The Labute approximate surface area is 221 Å². The third kappa shape index (κ3) is 5.44. The van der Waals surface area contributed by atoms with Gasteiger partial charge in [0.1, 0.15) is 23.8 Å². The van der Waals surface area contributed by atoms with Gasteiger partial charge in [-0.15, -0.1) is 0 Å². The van der Waals surface area contributed by atoms with Gasteiger partial charge in [0.15, 0.2) is 16.4 Å². The second kappa shape index (κ2) is 11.1. The Morgan fingerprint density at radius 2 is 1.82 bits per heavy atom. The van der Waals surface area contributed by atoms with E-state index in [0.29, 0.717) is 42.3 Å². The van der Waals surface area contributed by atoms with E-state index in [0.717, 1.165) is 0 Å². The molecule has 1 saturated heterocycles. The van der Waals surface area contributed by atoms with Gasteiger partial charge in [0.2, 0.25) is 0 Å². The quantitative estimate of drug-likeness (QED) is 0.463. The number of hydrazine groups is 1. The van der Waals surface area contributed by atoms with Crippen LogP contribution in [0.25, 0.3) is 6.08 Å². The summed E-state index contributed by atoms with van der Waals surface area (Å²) in [5.41, 5.74) is 0.830. The molecule has 12 heteroatoms. The van der Waals surface area contributed by atoms with Crippen LogP contribution < -0.4 is 19.1 Å². The van der Waals surface area contributed by atoms with Gasteiger partial charge >= 0.3 is 0 Å². The van der Waals surface area contributed by atoms with Crippen molar-refractivity contribution in [2.45, 2.75) is 18.2 Å². The lowest BCUT2D eigenvalue weighted by Gasteiger charge is -2.32. The molecule has 0 unspecified atom stereocenters. The van der Waals surface area contributed by atoms with Gasteiger partial charge in [-0.25, -0.2) is 18.4 Å². The number of ether oxygens (including phenoxy) is 3. The van der Waals surface area contributed by atoms with E-state index in [1.54, 1.807) is 24.3 Å². The van der Waals surface area contributed by atoms with Crippen molar-refractivity contribution in [3.8, 4) is 17.2 Å². The Kier molecular flexibility index (Phi) is 7.91. The summed E-state index contributed by atoms with van der Waals surface area (Å²) in [5.74, 6) is -0.0336. The van der Waals surface area contributed by atoms with Crippen molar-refractivity contribution in [2.75, 3.05) is 51.1 Å². The number of hydrogen-bond acceptors (Lipinski definition) is 8. The highest BCUT2D eigenvalue weighted by molar-refractivity contribution is 7.91. The molecular formula is C26H29N3O8S. The summed E-state index contributed by atoms with van der Waals surface area (Å²) in [4.78, 5) is 40.3. The van der Waals surface area contributed by atoms with Crippen LogP contribution in [0.2, 0.25) is 0 Å². The van der Waals surface area contributed by atoms with Gasteiger partial charge in [-0.1, -0.05) is 6.92 Å². The van der Waals surface area contributed by atoms with Crippen LogP contribution in [0.15, 0.2) is 47.4 Å². The lowest BCUT2D eigenvalue weighted by molar-refractivity contribution is -0.154. The maximum Gasteiger partial charge on any atom is 0.265 e. The molecular weight excluding hydrogens is 514 g/mol. The van der Waals surface area contributed by atoms with Crippen molar-refractivity contribution in [3.05, 3.63) is 48.0 Å². The summed E-state index contributed by atoms with van der Waals surface area (Å²) in [6.45, 7) is 1.50. The number of carbonyl (C=O) groups is 3. The first kappa shape index (κ1) is 27.0. The van der Waals surface area contributed by atoms with Gasteiger partial charge in [0, 0.05) is 24.7 Å². The minimum absolute atomic E-state index is 0.0329. The fourth-order valence-corrected chi connectivity index (χ4v) is 5.15. The fourth-order valence-electron chi connectivity index (χ4n) is 4.25. The molecule has 2 aliphatic heterocycles. The number of rotatable bonds is 8. The molecule has 2 aromatic rings. The zero-order valence-electron chi connectivity index (χ0n) is 21.4. The van der Waals surface area contributed by atoms with Crippen LogP contribution in [0.4, 0.5) is 5.69 Å². The summed E-state index contributed by atoms with van der Waals surface area (Å²) in [7, 11) is -0.483. The molecule has 2 aromatic carbocycles. The van der Waals surface area contributed by atoms with Crippen molar-refractivity contribution < 1.29 is 37.0 Å². The molecule has 38 heavy (non-hydrogen) atoms. The van der Waals surface area contributed by atoms with Gasteiger partial charge in [-0.05, 0) is 48.9 Å². The van der Waals surface area contributed by atoms with E-state index in [1.807, 2.05) is 0 Å². The van der Waals surface area contributed by atoms with Crippen molar-refractivity contribution in [2.24, 2.45) is 0 Å². The Morgan fingerprint density at radius 1 is 1.05 bits per heavy atom. The highest BCUT2D eigenvalue weighted by atomic mass is 32.2. The summed E-state index contributed by atoms with van der Waals surface area (Å²) >= 11 is 0. The molecule has 11 nitrogen and oxygen atoms in total. The maximum atomic E-state index is 13.3. The molecule has 0 aromatic heterocycles. The molecule has 0 saturated carbocycles. The number of sulfone groups is 1. The van der Waals surface area contributed by atoms with Crippen molar-refractivity contribution in [3.63, 3.8) is 0 Å². The van der Waals surface area contributed by atoms with Crippen LogP contribution >= 0.6 is 0 Å². The zero-order valence-corrected chi connectivity index (χ0v) is 22.2. The van der Waals surface area contributed by atoms with Crippen molar-refractivity contribution >= 4 is 39.3 Å². The Bertz CT molecular complexity index is 1390. The molecule has 0 N–H and O–H groups in total. The molecule has 0 aliphatic carbocycles. The first-order valence-electron chi connectivity index (χ1n) is 12.0. The predicted octanol–water partition coefficient (Wildman–Crippen LogP) is 1.91. The van der Waals surface area contributed by atoms with Crippen LogP contribution in [-0.4, -0.2) is 82.4 Å². The monoisotopic (exact) mass is 543 g/mol. The van der Waals surface area contributed by atoms with Crippen molar-refractivity contribution in [1.82, 2.24) is 10.0 Å². The number of fused-ring (bicyclic) bond motifs is 1. The first-order valence-corrected chi connectivity index (χ1v) is 13.7. The topological polar surface area (TPSA) is 123 Å². The molecule has 0 atom stereocenters. The second-order valence-corrected chi connectivity index (χ2v) is 10.9. The minimum Gasteiger partial charge on any atom is -0.497 e. The van der Waals surface area contributed by atoms with Crippen LogP contribution in [0.3, 0.4) is 0 Å². The molecule has 0 bridgehead atoms. The second-order valence-electron chi connectivity index (χ2n) is 8.57. The molecule has 0 radical (unpaired) electrons. The lowest BCUT2D eigenvalue weighted by Crippen LogP contribution is -2.50. The molecule has 1 fully saturated rings. The van der Waals surface area contributed by atoms with Gasteiger partial charge in [-0.2, -0.15) is 0 Å². The van der Waals surface area contributed by atoms with E-state index in [9.17, 15) is 22.8 Å². The molecule has 4 rings (SSSR count). The summed E-state index contributed by atoms with van der Waals surface area (Å²) < 4.78 is 40.8. The highest BCUT2D eigenvalue weighted by Gasteiger charge is 2.34. The fraction of sp³-hybridized carbons (Fsp3) is 0.346. The zero-order chi connectivity index (χ0) is 27.4. The van der Waals surface area contributed by atoms with Crippen LogP contribution in [0.1, 0.15) is 18.9 Å². The molecule has 0 spiro atoms. The summed E-state index contributed by atoms with van der Waals surface area (Å²) in [5, 5.41) is 2.64. The normalized spacial score (nSPS) is 15.4. The number of carbonyl (C=O) groups excluding carboxylic acids is 3. The van der Waals surface area contributed by atoms with Crippen molar-refractivity contribution in [1.29, 1.82) is 0 Å². The molecule has 2 heterocycles. The van der Waals surface area contributed by atoms with E-state index in [1.165, 1.54) is 60.3 Å². The number of anilines is 1. The number of amides is 3. The van der Waals surface area contributed by atoms with E-state index < -0.39 is 27.6 Å². The van der Waals surface area contributed by atoms with Gasteiger partial charge in [-0.3, -0.25) is 19.3 Å². The Hall–Kier alpha value is -4.06. The van der Waals surface area contributed by atoms with E-state index in [2.05, 4.69) is 0 Å². The van der Waals surface area contributed by atoms with E-state index in [4.69, 9.17) is 14.2 Å². The molecule has 2 aliphatic rings. The van der Waals surface area contributed by atoms with Gasteiger partial charge < -0.3 is 14.2 Å². The van der Waals surface area contributed by atoms with Crippen LogP contribution in [0.5, 0.6) is 17.2 Å². The Morgan fingerprint density at radius 3 is 2.53 bits per heavy atom. The number of benzene rings is 2. The SMILES string of the molecule is CCS(=O)(=O)c1ccc2c(c1)N(CC(=O)N1CCCN1C(=O)/C=C/c1cc(OC)ccc1OC)C(=O)CO2. The van der Waals surface area contributed by atoms with Gasteiger partial charge in [0.05, 0.1) is 30.6 Å². The highest BCUT2D eigenvalue weighted by Crippen LogP contribution is 2.34. The molecule has 202 valence electrons. The third-order valence-electron chi connectivity index (χ3n) is 6.32. The number of hydrogen-bond donors (Lipinski definition) is 0. The average Bonchev–Trinajstić information content (AvgIpc) is 3.43. The van der Waals surface area contributed by atoms with E-state index >= 15 is 0 Å². The lowest BCUT2D eigenvalue weighted by atomic mass is 10.1. The maximum absolute atomic E-state index is 13.3. The third-order valence-corrected chi connectivity index (χ3v) is 8.05. The standard InChI is InChI=1S/C26H29N3O8S/c1-4-38(33,34)20-8-10-23-21(15-20)27(26(32)17-37-23)16-25(31)29-13-5-12-28(29)24(30)11-6-18-14-19(35-2)7-9-22(18)36-3/h6-11,14-15H,4-5,12-13,16-17H2,1-3H3/b11-6+. The molecule has 3 amide bonds. The summed E-state index contributed by atoms with van der Waals surface area (Å²) in [6.07, 6.45) is 3.50. The average molecular weight is 544 g/mol. The van der Waals surface area contributed by atoms with Gasteiger partial charge in [0.25, 0.3) is 17.7 Å². The minimum atomic E-state index is -3.54. The van der Waals surface area contributed by atoms with Crippen LogP contribution in [0, 0.1) is 0 Å². The smallest absolute Gasteiger partial charge is 0.265 e. The number of nitrogens with zero attached hydrogens (tertiary/aromatic N) is 3. The Balaban J connectivity index is 1.53. The first-order chi connectivity index (χ1) is 18.2.